The summed E-state index contributed by atoms with van der Waals surface area (Å²) in [7, 11) is 0. The van der Waals surface area contributed by atoms with Crippen LogP contribution < -0.4 is 5.73 Å². The van der Waals surface area contributed by atoms with Gasteiger partial charge in [-0.15, -0.1) is 0 Å². The molecule has 0 aliphatic carbocycles. The van der Waals surface area contributed by atoms with Gasteiger partial charge in [-0.3, -0.25) is 0 Å². The van der Waals surface area contributed by atoms with Gasteiger partial charge in [-0.05, 0) is 28.1 Å². The Kier molecular flexibility index (Phi) is 3.09. The standard InChI is InChI=1S/C10H9BrClN3/c11-8-3-1-2-4-9(8)15-10(12)7(5-13)6-14-15/h1-4,6H,5,13H2. The summed E-state index contributed by atoms with van der Waals surface area (Å²) in [4.78, 5) is 0. The molecule has 0 saturated carbocycles. The molecule has 0 fully saturated rings. The summed E-state index contributed by atoms with van der Waals surface area (Å²) in [5.74, 6) is 0. The lowest BCUT2D eigenvalue weighted by Gasteiger charge is -2.05. The van der Waals surface area contributed by atoms with E-state index in [0.29, 0.717) is 11.7 Å². The quantitative estimate of drug-likeness (QED) is 0.922. The van der Waals surface area contributed by atoms with E-state index in [4.69, 9.17) is 17.3 Å². The van der Waals surface area contributed by atoms with E-state index in [0.717, 1.165) is 15.7 Å². The first-order valence-electron chi connectivity index (χ1n) is 4.41. The highest BCUT2D eigenvalue weighted by atomic mass is 79.9. The SMILES string of the molecule is NCc1cnn(-c2ccccc2Br)c1Cl. The molecule has 3 nitrogen and oxygen atoms in total. The minimum atomic E-state index is 0.392. The van der Waals surface area contributed by atoms with Crippen molar-refractivity contribution in [3.05, 3.63) is 45.7 Å². The molecule has 78 valence electrons. The van der Waals surface area contributed by atoms with Gasteiger partial charge in [0.1, 0.15) is 5.15 Å². The second kappa shape index (κ2) is 4.35. The molecule has 1 aromatic carbocycles. The van der Waals surface area contributed by atoms with Gasteiger partial charge in [-0.2, -0.15) is 5.10 Å². The topological polar surface area (TPSA) is 43.8 Å². The largest absolute Gasteiger partial charge is 0.326 e. The van der Waals surface area contributed by atoms with Crippen molar-refractivity contribution in [2.45, 2.75) is 6.54 Å². The summed E-state index contributed by atoms with van der Waals surface area (Å²) in [5.41, 5.74) is 7.28. The molecule has 0 aliphatic heterocycles. The third-order valence-corrected chi connectivity index (χ3v) is 3.15. The minimum Gasteiger partial charge on any atom is -0.326 e. The highest BCUT2D eigenvalue weighted by molar-refractivity contribution is 9.10. The second-order valence-electron chi connectivity index (χ2n) is 3.03. The fraction of sp³-hybridized carbons (Fsp3) is 0.100. The first-order chi connectivity index (χ1) is 7.24. The monoisotopic (exact) mass is 285 g/mol. The zero-order valence-electron chi connectivity index (χ0n) is 7.82. The van der Waals surface area contributed by atoms with Crippen LogP contribution in [-0.4, -0.2) is 9.78 Å². The highest BCUT2D eigenvalue weighted by Gasteiger charge is 2.10. The summed E-state index contributed by atoms with van der Waals surface area (Å²) < 4.78 is 2.60. The van der Waals surface area contributed by atoms with Crippen LogP contribution in [0.15, 0.2) is 34.9 Å². The van der Waals surface area contributed by atoms with Gasteiger partial charge in [0.25, 0.3) is 0 Å². The van der Waals surface area contributed by atoms with Crippen LogP contribution in [0.3, 0.4) is 0 Å². The highest BCUT2D eigenvalue weighted by Crippen LogP contribution is 2.25. The van der Waals surface area contributed by atoms with Gasteiger partial charge in [-0.1, -0.05) is 23.7 Å². The van der Waals surface area contributed by atoms with Gasteiger partial charge in [0.15, 0.2) is 0 Å². The Labute approximate surface area is 101 Å². The Morgan fingerprint density at radius 3 is 2.73 bits per heavy atom. The number of benzene rings is 1. The number of aromatic nitrogens is 2. The van der Waals surface area contributed by atoms with Crippen LogP contribution in [0, 0.1) is 0 Å². The maximum atomic E-state index is 6.13. The Bertz CT molecular complexity index is 481. The molecule has 15 heavy (non-hydrogen) atoms. The van der Waals surface area contributed by atoms with E-state index >= 15 is 0 Å². The lowest BCUT2D eigenvalue weighted by Crippen LogP contribution is -1.99. The van der Waals surface area contributed by atoms with Crippen LogP contribution in [0.25, 0.3) is 5.69 Å². The van der Waals surface area contributed by atoms with Crippen LogP contribution in [-0.2, 0) is 6.54 Å². The molecule has 2 aromatic rings. The zero-order chi connectivity index (χ0) is 10.8. The molecule has 1 aromatic heterocycles. The van der Waals surface area contributed by atoms with Crippen molar-refractivity contribution in [1.82, 2.24) is 9.78 Å². The number of nitrogens with two attached hydrogens (primary N) is 1. The predicted octanol–water partition coefficient (Wildman–Crippen LogP) is 2.75. The van der Waals surface area contributed by atoms with Crippen LogP contribution in [0.2, 0.25) is 5.15 Å². The lowest BCUT2D eigenvalue weighted by atomic mass is 10.3. The smallest absolute Gasteiger partial charge is 0.137 e. The second-order valence-corrected chi connectivity index (χ2v) is 4.24. The summed E-state index contributed by atoms with van der Waals surface area (Å²) >= 11 is 9.58. The van der Waals surface area contributed by atoms with E-state index in [1.165, 1.54) is 0 Å². The Balaban J connectivity index is 2.55. The van der Waals surface area contributed by atoms with Gasteiger partial charge < -0.3 is 5.73 Å². The first kappa shape index (κ1) is 10.7. The molecular formula is C10H9BrClN3. The van der Waals surface area contributed by atoms with Crippen molar-refractivity contribution in [2.75, 3.05) is 0 Å². The van der Waals surface area contributed by atoms with Crippen molar-refractivity contribution in [3.8, 4) is 5.69 Å². The van der Waals surface area contributed by atoms with Crippen LogP contribution in [0.4, 0.5) is 0 Å². The molecule has 0 radical (unpaired) electrons. The zero-order valence-corrected chi connectivity index (χ0v) is 10.2. The van der Waals surface area contributed by atoms with Crippen molar-refractivity contribution in [1.29, 1.82) is 0 Å². The molecule has 2 rings (SSSR count). The summed E-state index contributed by atoms with van der Waals surface area (Å²) in [6, 6.07) is 7.74. The fourth-order valence-corrected chi connectivity index (χ4v) is 2.01. The lowest BCUT2D eigenvalue weighted by molar-refractivity contribution is 0.876. The summed E-state index contributed by atoms with van der Waals surface area (Å²) in [5, 5.41) is 4.75. The van der Waals surface area contributed by atoms with Crippen LogP contribution in [0.5, 0.6) is 0 Å². The van der Waals surface area contributed by atoms with Crippen LogP contribution in [0.1, 0.15) is 5.56 Å². The van der Waals surface area contributed by atoms with E-state index in [2.05, 4.69) is 21.0 Å². The normalized spacial score (nSPS) is 10.6. The van der Waals surface area contributed by atoms with Crippen molar-refractivity contribution in [3.63, 3.8) is 0 Å². The third kappa shape index (κ3) is 1.93. The Morgan fingerprint density at radius 1 is 1.40 bits per heavy atom. The fourth-order valence-electron chi connectivity index (χ4n) is 1.30. The number of hydrogen-bond donors (Lipinski definition) is 1. The maximum absolute atomic E-state index is 6.13. The van der Waals surface area contributed by atoms with Gasteiger partial charge in [0, 0.05) is 16.6 Å². The number of halogens is 2. The van der Waals surface area contributed by atoms with Crippen molar-refractivity contribution in [2.24, 2.45) is 5.73 Å². The molecule has 5 heteroatoms. The number of para-hydroxylation sites is 1. The molecule has 0 bridgehead atoms. The number of hydrogen-bond acceptors (Lipinski definition) is 2. The molecule has 0 spiro atoms. The predicted molar refractivity (Wildman–Crippen MR) is 64.2 cm³/mol. The molecular weight excluding hydrogens is 277 g/mol. The Hall–Kier alpha value is -0.840. The average Bonchev–Trinajstić information content (AvgIpc) is 2.60. The number of rotatable bonds is 2. The molecule has 0 unspecified atom stereocenters. The summed E-state index contributed by atoms with van der Waals surface area (Å²) in [6.45, 7) is 0.392. The average molecular weight is 287 g/mol. The van der Waals surface area contributed by atoms with E-state index in [1.54, 1.807) is 10.9 Å². The molecule has 0 saturated heterocycles. The van der Waals surface area contributed by atoms with Gasteiger partial charge in [0.2, 0.25) is 0 Å². The molecule has 0 aliphatic rings. The summed E-state index contributed by atoms with van der Waals surface area (Å²) in [6.07, 6.45) is 1.68. The van der Waals surface area contributed by atoms with Crippen LogP contribution >= 0.6 is 27.5 Å². The van der Waals surface area contributed by atoms with Crippen molar-refractivity contribution < 1.29 is 0 Å². The first-order valence-corrected chi connectivity index (χ1v) is 5.58. The van der Waals surface area contributed by atoms with E-state index in [9.17, 15) is 0 Å². The Morgan fingerprint density at radius 2 is 2.13 bits per heavy atom. The van der Waals surface area contributed by atoms with E-state index in [1.807, 2.05) is 24.3 Å². The minimum absolute atomic E-state index is 0.392. The molecule has 2 N–H and O–H groups in total. The van der Waals surface area contributed by atoms with E-state index in [-0.39, 0.29) is 0 Å². The third-order valence-electron chi connectivity index (χ3n) is 2.08. The molecule has 0 atom stereocenters. The van der Waals surface area contributed by atoms with Gasteiger partial charge >= 0.3 is 0 Å². The van der Waals surface area contributed by atoms with Gasteiger partial charge in [-0.25, -0.2) is 4.68 Å². The van der Waals surface area contributed by atoms with Gasteiger partial charge in [0.05, 0.1) is 11.9 Å². The van der Waals surface area contributed by atoms with E-state index < -0.39 is 0 Å². The van der Waals surface area contributed by atoms with Crippen molar-refractivity contribution >= 4 is 27.5 Å². The molecule has 0 amide bonds. The maximum Gasteiger partial charge on any atom is 0.137 e. The molecule has 1 heterocycles. The number of nitrogens with zero attached hydrogens (tertiary/aromatic N) is 2.